The van der Waals surface area contributed by atoms with E-state index in [0.29, 0.717) is 19.4 Å². The zero-order chi connectivity index (χ0) is 15.5. The fraction of sp³-hybridized carbons (Fsp3) is 0.727. The highest BCUT2D eigenvalue weighted by Crippen LogP contribution is 1.97. The van der Waals surface area contributed by atoms with Crippen molar-refractivity contribution in [1.82, 2.24) is 10.6 Å². The molecule has 0 aliphatic carbocycles. The van der Waals surface area contributed by atoms with Gasteiger partial charge < -0.3 is 32.3 Å². The van der Waals surface area contributed by atoms with Crippen molar-refractivity contribution in [2.75, 3.05) is 19.7 Å². The van der Waals surface area contributed by atoms with Crippen LogP contribution < -0.4 is 22.1 Å². The van der Waals surface area contributed by atoms with Crippen molar-refractivity contribution in [1.29, 1.82) is 0 Å². The molecular formula is C11H22N4O5. The number of nitrogens with two attached hydrogens (primary N) is 2. The van der Waals surface area contributed by atoms with E-state index in [4.69, 9.17) is 21.7 Å². The van der Waals surface area contributed by atoms with Crippen LogP contribution in [0.1, 0.15) is 19.3 Å². The number of unbranched alkanes of at least 4 members (excludes halogenated alkanes) is 1. The highest BCUT2D eigenvalue weighted by atomic mass is 16.4. The molecule has 116 valence electrons. The summed E-state index contributed by atoms with van der Waals surface area (Å²) in [5.74, 6) is -2.56. The third-order valence-electron chi connectivity index (χ3n) is 2.55. The van der Waals surface area contributed by atoms with E-state index in [1.807, 2.05) is 0 Å². The molecule has 0 radical (unpaired) electrons. The molecule has 0 saturated carbocycles. The normalized spacial score (nSPS) is 13.3. The number of nitrogens with one attached hydrogen (secondary N) is 2. The van der Waals surface area contributed by atoms with Crippen molar-refractivity contribution in [3.8, 4) is 0 Å². The lowest BCUT2D eigenvalue weighted by Crippen LogP contribution is -2.49. The number of carboxylic acid groups (broad SMARTS) is 1. The topological polar surface area (TPSA) is 168 Å². The minimum atomic E-state index is -1.39. The fourth-order valence-corrected chi connectivity index (χ4v) is 1.37. The minimum absolute atomic E-state index is 0.396. The molecule has 0 bridgehead atoms. The Balaban J connectivity index is 3.98. The van der Waals surface area contributed by atoms with E-state index in [2.05, 4.69) is 10.6 Å². The number of aliphatic carboxylic acids is 1. The highest BCUT2D eigenvalue weighted by Gasteiger charge is 2.19. The zero-order valence-electron chi connectivity index (χ0n) is 11.2. The zero-order valence-corrected chi connectivity index (χ0v) is 11.2. The first kappa shape index (κ1) is 18.3. The maximum Gasteiger partial charge on any atom is 0.328 e. The molecule has 0 aliphatic heterocycles. The minimum Gasteiger partial charge on any atom is -0.480 e. The Kier molecular flexibility index (Phi) is 9.26. The molecule has 0 aliphatic rings. The van der Waals surface area contributed by atoms with Crippen molar-refractivity contribution in [3.63, 3.8) is 0 Å². The van der Waals surface area contributed by atoms with Gasteiger partial charge in [-0.15, -0.1) is 0 Å². The molecule has 0 heterocycles. The van der Waals surface area contributed by atoms with Crippen LogP contribution in [-0.4, -0.2) is 59.8 Å². The standard InChI is InChI=1S/C11H22N4O5/c12-4-2-1-3-7(13)10(18)14-5-9(17)15-8(6-16)11(19)20/h7-8,16H,1-6,12-13H2,(H,14,18)(H,15,17)(H,19,20). The van der Waals surface area contributed by atoms with E-state index < -0.39 is 43.0 Å². The van der Waals surface area contributed by atoms with E-state index in [1.165, 1.54) is 0 Å². The average molecular weight is 290 g/mol. The highest BCUT2D eigenvalue weighted by molar-refractivity contribution is 5.89. The van der Waals surface area contributed by atoms with Gasteiger partial charge in [-0.2, -0.15) is 0 Å². The average Bonchev–Trinajstić information content (AvgIpc) is 2.41. The first-order valence-electron chi connectivity index (χ1n) is 6.28. The second-order valence-corrected chi connectivity index (χ2v) is 4.25. The Morgan fingerprint density at radius 2 is 1.85 bits per heavy atom. The van der Waals surface area contributed by atoms with E-state index in [0.717, 1.165) is 6.42 Å². The second kappa shape index (κ2) is 10.1. The number of rotatable bonds is 10. The molecule has 0 rings (SSSR count). The lowest BCUT2D eigenvalue weighted by atomic mass is 10.1. The molecule has 0 aromatic rings. The largest absolute Gasteiger partial charge is 0.480 e. The number of aliphatic hydroxyl groups excluding tert-OH is 1. The summed E-state index contributed by atoms with van der Waals surface area (Å²) in [5, 5.41) is 21.7. The molecule has 0 saturated heterocycles. The number of carbonyl (C=O) groups excluding carboxylic acids is 2. The summed E-state index contributed by atoms with van der Waals surface area (Å²) in [6.07, 6.45) is 1.93. The number of amides is 2. The summed E-state index contributed by atoms with van der Waals surface area (Å²) in [6.45, 7) is -0.602. The molecule has 20 heavy (non-hydrogen) atoms. The molecule has 2 unspecified atom stereocenters. The van der Waals surface area contributed by atoms with Crippen LogP contribution in [0.4, 0.5) is 0 Å². The van der Waals surface area contributed by atoms with Gasteiger partial charge in [-0.05, 0) is 19.4 Å². The summed E-state index contributed by atoms with van der Waals surface area (Å²) < 4.78 is 0. The number of hydrogen-bond acceptors (Lipinski definition) is 6. The first-order chi connectivity index (χ1) is 9.42. The predicted molar refractivity (Wildman–Crippen MR) is 70.5 cm³/mol. The van der Waals surface area contributed by atoms with Crippen LogP contribution in [0.2, 0.25) is 0 Å². The molecule has 9 nitrogen and oxygen atoms in total. The third kappa shape index (κ3) is 7.67. The van der Waals surface area contributed by atoms with Gasteiger partial charge in [-0.3, -0.25) is 9.59 Å². The lowest BCUT2D eigenvalue weighted by Gasteiger charge is -2.14. The first-order valence-corrected chi connectivity index (χ1v) is 6.28. The molecule has 8 N–H and O–H groups in total. The second-order valence-electron chi connectivity index (χ2n) is 4.25. The van der Waals surface area contributed by atoms with Gasteiger partial charge in [0, 0.05) is 0 Å². The Morgan fingerprint density at radius 1 is 1.20 bits per heavy atom. The summed E-state index contributed by atoms with van der Waals surface area (Å²) in [5.41, 5.74) is 10.9. The van der Waals surface area contributed by atoms with Crippen LogP contribution in [0.5, 0.6) is 0 Å². The maximum atomic E-state index is 11.5. The molecule has 9 heteroatoms. The van der Waals surface area contributed by atoms with Crippen molar-refractivity contribution in [3.05, 3.63) is 0 Å². The van der Waals surface area contributed by atoms with E-state index in [9.17, 15) is 14.4 Å². The van der Waals surface area contributed by atoms with Crippen molar-refractivity contribution in [2.45, 2.75) is 31.3 Å². The molecule has 2 atom stereocenters. The van der Waals surface area contributed by atoms with Crippen molar-refractivity contribution < 1.29 is 24.6 Å². The van der Waals surface area contributed by atoms with Crippen LogP contribution in [0.25, 0.3) is 0 Å². The van der Waals surface area contributed by atoms with Gasteiger partial charge in [-0.25, -0.2) is 4.79 Å². The van der Waals surface area contributed by atoms with Crippen molar-refractivity contribution >= 4 is 17.8 Å². The monoisotopic (exact) mass is 290 g/mol. The quantitative estimate of drug-likeness (QED) is 0.235. The predicted octanol–water partition coefficient (Wildman–Crippen LogP) is -2.88. The Bertz CT molecular complexity index is 337. The van der Waals surface area contributed by atoms with Gasteiger partial charge in [0.05, 0.1) is 19.2 Å². The van der Waals surface area contributed by atoms with Gasteiger partial charge in [0.15, 0.2) is 0 Å². The number of carboxylic acids is 1. The van der Waals surface area contributed by atoms with E-state index in [-0.39, 0.29) is 0 Å². The molecule has 0 fully saturated rings. The van der Waals surface area contributed by atoms with Gasteiger partial charge >= 0.3 is 5.97 Å². The summed E-state index contributed by atoms with van der Waals surface area (Å²) in [6, 6.07) is -2.12. The Labute approximate surface area is 116 Å². The summed E-state index contributed by atoms with van der Waals surface area (Å²) in [4.78, 5) is 33.4. The SMILES string of the molecule is NCCCCC(N)C(=O)NCC(=O)NC(CO)C(=O)O. The number of aliphatic hydroxyl groups is 1. The van der Waals surface area contributed by atoms with E-state index in [1.54, 1.807) is 0 Å². The molecule has 0 aromatic carbocycles. The van der Waals surface area contributed by atoms with Crippen LogP contribution in [-0.2, 0) is 14.4 Å². The summed E-state index contributed by atoms with van der Waals surface area (Å²) >= 11 is 0. The number of carbonyl (C=O) groups is 3. The maximum absolute atomic E-state index is 11.5. The van der Waals surface area contributed by atoms with Crippen LogP contribution in [0.15, 0.2) is 0 Å². The molecule has 0 aromatic heterocycles. The number of hydrogen-bond donors (Lipinski definition) is 6. The summed E-state index contributed by atoms with van der Waals surface area (Å²) in [7, 11) is 0. The smallest absolute Gasteiger partial charge is 0.328 e. The molecule has 2 amide bonds. The van der Waals surface area contributed by atoms with Crippen LogP contribution in [0, 0.1) is 0 Å². The molecular weight excluding hydrogens is 268 g/mol. The lowest BCUT2D eigenvalue weighted by molar-refractivity contribution is -0.142. The van der Waals surface area contributed by atoms with Crippen LogP contribution >= 0.6 is 0 Å². The molecule has 0 spiro atoms. The Morgan fingerprint density at radius 3 is 2.35 bits per heavy atom. The van der Waals surface area contributed by atoms with Gasteiger partial charge in [0.2, 0.25) is 11.8 Å². The van der Waals surface area contributed by atoms with Gasteiger partial charge in [0.25, 0.3) is 0 Å². The van der Waals surface area contributed by atoms with Gasteiger partial charge in [-0.1, -0.05) is 6.42 Å². The third-order valence-corrected chi connectivity index (χ3v) is 2.55. The van der Waals surface area contributed by atoms with Crippen molar-refractivity contribution in [2.24, 2.45) is 11.5 Å². The Hall–Kier alpha value is -1.71. The van der Waals surface area contributed by atoms with Gasteiger partial charge in [0.1, 0.15) is 6.04 Å². The van der Waals surface area contributed by atoms with Crippen LogP contribution in [0.3, 0.4) is 0 Å². The fourth-order valence-electron chi connectivity index (χ4n) is 1.37. The van der Waals surface area contributed by atoms with E-state index >= 15 is 0 Å².